The maximum atomic E-state index is 11.9. The Kier molecular flexibility index (Phi) is 4.77. The Morgan fingerprint density at radius 2 is 2.38 bits per heavy atom. The van der Waals surface area contributed by atoms with Crippen molar-refractivity contribution in [1.29, 1.82) is 0 Å². The molecule has 0 radical (unpaired) electrons. The zero-order chi connectivity index (χ0) is 12.1. The molecule has 0 bridgehead atoms. The van der Waals surface area contributed by atoms with Crippen molar-refractivity contribution >= 4 is 11.6 Å². The predicted molar refractivity (Wildman–Crippen MR) is 63.7 cm³/mol. The second-order valence-electron chi connectivity index (χ2n) is 4.80. The van der Waals surface area contributed by atoms with Gasteiger partial charge in [-0.25, -0.2) is 0 Å². The molecule has 0 aliphatic carbocycles. The highest BCUT2D eigenvalue weighted by molar-refractivity contribution is 5.89. The number of carbonyl (C=O) groups excluding carboxylic acids is 1. The number of hydrogen-bond acceptors (Lipinski definition) is 3. The predicted octanol–water partition coefficient (Wildman–Crippen LogP) is 2.12. The Bertz CT molecular complexity index is 276. The molecule has 2 unspecified atom stereocenters. The zero-order valence-corrected chi connectivity index (χ0v) is 10.4. The van der Waals surface area contributed by atoms with E-state index in [1.165, 1.54) is 0 Å². The minimum Gasteiger partial charge on any atom is -0.411 e. The first-order chi connectivity index (χ1) is 7.58. The fraction of sp³-hybridized carbons (Fsp3) is 0.833. The van der Waals surface area contributed by atoms with E-state index in [-0.39, 0.29) is 11.8 Å². The van der Waals surface area contributed by atoms with Crippen LogP contribution in [-0.4, -0.2) is 34.8 Å². The summed E-state index contributed by atoms with van der Waals surface area (Å²) >= 11 is 0. The summed E-state index contributed by atoms with van der Waals surface area (Å²) in [6.07, 6.45) is 2.37. The van der Waals surface area contributed by atoms with Gasteiger partial charge in [-0.3, -0.25) is 4.79 Å². The van der Waals surface area contributed by atoms with E-state index < -0.39 is 0 Å². The quantitative estimate of drug-likeness (QED) is 0.592. The molecule has 1 rings (SSSR count). The number of oxime groups is 1. The molecule has 1 fully saturated rings. The van der Waals surface area contributed by atoms with Gasteiger partial charge in [0.2, 0.25) is 5.91 Å². The lowest BCUT2D eigenvalue weighted by atomic mass is 9.96. The molecule has 0 aromatic heterocycles. The van der Waals surface area contributed by atoms with E-state index >= 15 is 0 Å². The monoisotopic (exact) mass is 226 g/mol. The van der Waals surface area contributed by atoms with Gasteiger partial charge in [-0.1, -0.05) is 32.3 Å². The Hall–Kier alpha value is -1.06. The second-order valence-corrected chi connectivity index (χ2v) is 4.80. The van der Waals surface area contributed by atoms with Crippen LogP contribution in [0.4, 0.5) is 0 Å². The molecule has 2 atom stereocenters. The number of amides is 1. The summed E-state index contributed by atoms with van der Waals surface area (Å²) in [4.78, 5) is 13.8. The normalized spacial score (nSPS) is 25.8. The van der Waals surface area contributed by atoms with Crippen LogP contribution in [0, 0.1) is 11.8 Å². The fourth-order valence-corrected chi connectivity index (χ4v) is 1.97. The van der Waals surface area contributed by atoms with Crippen LogP contribution in [0.25, 0.3) is 0 Å². The minimum absolute atomic E-state index is 0.180. The number of piperidine rings is 1. The summed E-state index contributed by atoms with van der Waals surface area (Å²) in [5, 5.41) is 12.0. The lowest BCUT2D eigenvalue weighted by molar-refractivity contribution is -0.132. The standard InChI is InChI=1S/C12H22N2O2/c1-4-9(2)7-12(15)14-6-5-11(13-16)10(3)8-14/h9-10,16H,4-8H2,1-3H3. The van der Waals surface area contributed by atoms with Crippen LogP contribution >= 0.6 is 0 Å². The number of likely N-dealkylation sites (tertiary alicyclic amines) is 1. The van der Waals surface area contributed by atoms with Gasteiger partial charge in [0.1, 0.15) is 0 Å². The van der Waals surface area contributed by atoms with Crippen LogP contribution in [0.2, 0.25) is 0 Å². The van der Waals surface area contributed by atoms with E-state index in [0.717, 1.165) is 12.1 Å². The van der Waals surface area contributed by atoms with E-state index in [1.807, 2.05) is 11.8 Å². The number of hydrogen-bond donors (Lipinski definition) is 1. The molecule has 1 N–H and O–H groups in total. The van der Waals surface area contributed by atoms with Crippen molar-refractivity contribution in [2.24, 2.45) is 17.0 Å². The molecule has 92 valence electrons. The molecule has 1 saturated heterocycles. The molecule has 4 nitrogen and oxygen atoms in total. The van der Waals surface area contributed by atoms with Crippen molar-refractivity contribution in [2.45, 2.75) is 40.0 Å². The molecule has 0 aromatic rings. The largest absolute Gasteiger partial charge is 0.411 e. The van der Waals surface area contributed by atoms with Gasteiger partial charge in [-0.05, 0) is 5.92 Å². The summed E-state index contributed by atoms with van der Waals surface area (Å²) in [5.74, 6) is 0.869. The van der Waals surface area contributed by atoms with Crippen molar-refractivity contribution in [1.82, 2.24) is 4.90 Å². The molecule has 1 heterocycles. The van der Waals surface area contributed by atoms with Gasteiger partial charge in [0, 0.05) is 31.8 Å². The van der Waals surface area contributed by atoms with Gasteiger partial charge >= 0.3 is 0 Å². The molecule has 16 heavy (non-hydrogen) atoms. The highest BCUT2D eigenvalue weighted by Crippen LogP contribution is 2.17. The minimum atomic E-state index is 0.180. The molecule has 1 aliphatic heterocycles. The topological polar surface area (TPSA) is 52.9 Å². The third-order valence-electron chi connectivity index (χ3n) is 3.40. The highest BCUT2D eigenvalue weighted by Gasteiger charge is 2.26. The maximum absolute atomic E-state index is 11.9. The smallest absolute Gasteiger partial charge is 0.222 e. The molecule has 0 aromatic carbocycles. The lowest BCUT2D eigenvalue weighted by Gasteiger charge is -2.32. The van der Waals surface area contributed by atoms with Crippen molar-refractivity contribution in [2.75, 3.05) is 13.1 Å². The van der Waals surface area contributed by atoms with Crippen molar-refractivity contribution in [3.05, 3.63) is 0 Å². The number of rotatable bonds is 3. The maximum Gasteiger partial charge on any atom is 0.222 e. The van der Waals surface area contributed by atoms with Crippen LogP contribution in [0.5, 0.6) is 0 Å². The zero-order valence-electron chi connectivity index (χ0n) is 10.4. The van der Waals surface area contributed by atoms with E-state index in [2.05, 4.69) is 19.0 Å². The molecule has 0 spiro atoms. The van der Waals surface area contributed by atoms with E-state index in [1.54, 1.807) is 0 Å². The summed E-state index contributed by atoms with van der Waals surface area (Å²) in [6.45, 7) is 7.59. The average molecular weight is 226 g/mol. The molecule has 0 saturated carbocycles. The number of carbonyl (C=O) groups is 1. The van der Waals surface area contributed by atoms with Crippen LogP contribution in [0.3, 0.4) is 0 Å². The van der Waals surface area contributed by atoms with E-state index in [0.29, 0.717) is 31.8 Å². The summed E-state index contributed by atoms with van der Waals surface area (Å²) in [7, 11) is 0. The van der Waals surface area contributed by atoms with Crippen molar-refractivity contribution in [3.63, 3.8) is 0 Å². The summed E-state index contributed by atoms with van der Waals surface area (Å²) in [5.41, 5.74) is 0.813. The molecule has 1 amide bonds. The average Bonchev–Trinajstić information content (AvgIpc) is 2.28. The van der Waals surface area contributed by atoms with Crippen LogP contribution in [0.1, 0.15) is 40.0 Å². The summed E-state index contributed by atoms with van der Waals surface area (Å²) in [6, 6.07) is 0. The van der Waals surface area contributed by atoms with Gasteiger partial charge < -0.3 is 10.1 Å². The van der Waals surface area contributed by atoms with Crippen LogP contribution in [0.15, 0.2) is 5.16 Å². The SMILES string of the molecule is CCC(C)CC(=O)N1CCC(=NO)C(C)C1. The first-order valence-electron chi connectivity index (χ1n) is 6.07. The van der Waals surface area contributed by atoms with Crippen LogP contribution < -0.4 is 0 Å². The molecular weight excluding hydrogens is 204 g/mol. The summed E-state index contributed by atoms with van der Waals surface area (Å²) < 4.78 is 0. The van der Waals surface area contributed by atoms with Crippen molar-refractivity contribution < 1.29 is 10.0 Å². The second kappa shape index (κ2) is 5.87. The Labute approximate surface area is 97.3 Å². The highest BCUT2D eigenvalue weighted by atomic mass is 16.4. The van der Waals surface area contributed by atoms with Gasteiger partial charge in [0.15, 0.2) is 0 Å². The van der Waals surface area contributed by atoms with Crippen LogP contribution in [-0.2, 0) is 4.79 Å². The van der Waals surface area contributed by atoms with Gasteiger partial charge in [-0.2, -0.15) is 0 Å². The number of nitrogens with zero attached hydrogens (tertiary/aromatic N) is 2. The van der Waals surface area contributed by atoms with E-state index in [9.17, 15) is 4.79 Å². The molecular formula is C12H22N2O2. The Morgan fingerprint density at radius 1 is 1.69 bits per heavy atom. The molecule has 1 aliphatic rings. The fourth-order valence-electron chi connectivity index (χ4n) is 1.97. The van der Waals surface area contributed by atoms with Gasteiger partial charge in [0.05, 0.1) is 5.71 Å². The Balaban J connectivity index is 2.48. The Morgan fingerprint density at radius 3 is 2.88 bits per heavy atom. The van der Waals surface area contributed by atoms with Gasteiger partial charge in [0.25, 0.3) is 0 Å². The third kappa shape index (κ3) is 3.22. The third-order valence-corrected chi connectivity index (χ3v) is 3.40. The first-order valence-corrected chi connectivity index (χ1v) is 6.07. The van der Waals surface area contributed by atoms with Crippen molar-refractivity contribution in [3.8, 4) is 0 Å². The lowest BCUT2D eigenvalue weighted by Crippen LogP contribution is -2.43. The first kappa shape index (κ1) is 13.0. The van der Waals surface area contributed by atoms with Gasteiger partial charge in [-0.15, -0.1) is 0 Å². The molecule has 4 heteroatoms. The van der Waals surface area contributed by atoms with E-state index in [4.69, 9.17) is 5.21 Å².